The first-order valence-electron chi connectivity index (χ1n) is 2.60. The van der Waals surface area contributed by atoms with Gasteiger partial charge in [-0.2, -0.15) is 5.26 Å². The fraction of sp³-hybridized carbons (Fsp3) is 0.600. The van der Waals surface area contributed by atoms with E-state index < -0.39 is 16.9 Å². The van der Waals surface area contributed by atoms with E-state index in [1.54, 1.807) is 0 Å². The molecule has 11 heavy (non-hydrogen) atoms. The SMILES string of the molecule is COC(=O)C(C)(C#N)N(F)F. The standard InChI is InChI=1S/C5H6F2N2O2/c1-5(3-8,9(6)7)4(10)11-2/h1-2H3. The van der Waals surface area contributed by atoms with Crippen LogP contribution in [0.3, 0.4) is 0 Å². The monoisotopic (exact) mass is 164 g/mol. The minimum Gasteiger partial charge on any atom is -0.467 e. The Balaban J connectivity index is 4.64. The number of hydrogen-bond acceptors (Lipinski definition) is 4. The molecule has 0 fully saturated rings. The van der Waals surface area contributed by atoms with Gasteiger partial charge in [0.05, 0.1) is 12.5 Å². The van der Waals surface area contributed by atoms with Crippen molar-refractivity contribution in [3.05, 3.63) is 0 Å². The van der Waals surface area contributed by atoms with Gasteiger partial charge in [0.15, 0.2) is 0 Å². The Bertz CT molecular complexity index is 201. The van der Waals surface area contributed by atoms with Gasteiger partial charge >= 0.3 is 5.97 Å². The molecule has 0 saturated heterocycles. The Morgan fingerprint density at radius 1 is 1.73 bits per heavy atom. The number of carbonyl (C=O) groups is 1. The van der Waals surface area contributed by atoms with Gasteiger partial charge in [0.1, 0.15) is 6.07 Å². The van der Waals surface area contributed by atoms with Crippen molar-refractivity contribution in [3.8, 4) is 6.07 Å². The molecular formula is C5H6F2N2O2. The smallest absolute Gasteiger partial charge is 0.346 e. The topological polar surface area (TPSA) is 53.3 Å². The first kappa shape index (κ1) is 9.78. The van der Waals surface area contributed by atoms with Crippen LogP contribution in [0, 0.1) is 11.3 Å². The highest BCUT2D eigenvalue weighted by Crippen LogP contribution is 2.16. The van der Waals surface area contributed by atoms with Gasteiger partial charge < -0.3 is 4.74 Å². The molecule has 0 N–H and O–H groups in total. The van der Waals surface area contributed by atoms with Crippen molar-refractivity contribution in [1.82, 2.24) is 5.34 Å². The molecule has 62 valence electrons. The number of carbonyl (C=O) groups excluding carboxylic acids is 1. The lowest BCUT2D eigenvalue weighted by Crippen LogP contribution is -2.44. The van der Waals surface area contributed by atoms with E-state index in [4.69, 9.17) is 5.26 Å². The third-order valence-corrected chi connectivity index (χ3v) is 1.14. The zero-order valence-corrected chi connectivity index (χ0v) is 5.97. The number of hydrogen-bond donors (Lipinski definition) is 0. The highest BCUT2D eigenvalue weighted by Gasteiger charge is 2.43. The average Bonchev–Trinajstić information content (AvgIpc) is 2.01. The summed E-state index contributed by atoms with van der Waals surface area (Å²) >= 11 is 0. The lowest BCUT2D eigenvalue weighted by Gasteiger charge is -2.16. The van der Waals surface area contributed by atoms with Crippen LogP contribution in [0.2, 0.25) is 0 Å². The number of halogens is 2. The summed E-state index contributed by atoms with van der Waals surface area (Å²) in [6, 6.07) is 1.13. The van der Waals surface area contributed by atoms with Crippen molar-refractivity contribution >= 4 is 5.97 Å². The molecule has 0 aromatic rings. The summed E-state index contributed by atoms with van der Waals surface area (Å²) in [5.41, 5.74) is -2.51. The van der Waals surface area contributed by atoms with E-state index in [9.17, 15) is 13.8 Å². The molecule has 0 spiro atoms. The van der Waals surface area contributed by atoms with Gasteiger partial charge in [-0.25, -0.2) is 4.79 Å². The van der Waals surface area contributed by atoms with Crippen LogP contribution >= 0.6 is 0 Å². The van der Waals surface area contributed by atoms with E-state index in [1.807, 2.05) is 0 Å². The molecule has 1 unspecified atom stereocenters. The number of methoxy groups -OCH3 is 1. The molecule has 0 rings (SSSR count). The average molecular weight is 164 g/mol. The summed E-state index contributed by atoms with van der Waals surface area (Å²) in [6.07, 6.45) is 0. The predicted molar refractivity (Wildman–Crippen MR) is 30.1 cm³/mol. The molecule has 0 aliphatic rings. The lowest BCUT2D eigenvalue weighted by atomic mass is 10.1. The molecule has 1 atom stereocenters. The second-order valence-corrected chi connectivity index (χ2v) is 1.91. The molecule has 4 nitrogen and oxygen atoms in total. The zero-order chi connectivity index (χ0) is 9.07. The second-order valence-electron chi connectivity index (χ2n) is 1.91. The van der Waals surface area contributed by atoms with Gasteiger partial charge in [0.25, 0.3) is 5.54 Å². The minimum atomic E-state index is -2.51. The van der Waals surface area contributed by atoms with E-state index in [2.05, 4.69) is 4.74 Å². The summed E-state index contributed by atoms with van der Waals surface area (Å²) in [7, 11) is 0.932. The van der Waals surface area contributed by atoms with Crippen molar-refractivity contribution in [3.63, 3.8) is 0 Å². The molecule has 0 aliphatic heterocycles. The molecule has 0 bridgehead atoms. The Morgan fingerprint density at radius 2 is 2.18 bits per heavy atom. The Labute approximate surface area is 61.8 Å². The number of ether oxygens (including phenoxy) is 1. The maximum absolute atomic E-state index is 11.8. The van der Waals surface area contributed by atoms with Gasteiger partial charge in [0, 0.05) is 0 Å². The lowest BCUT2D eigenvalue weighted by molar-refractivity contribution is -0.219. The second kappa shape index (κ2) is 3.25. The van der Waals surface area contributed by atoms with Crippen LogP contribution in [-0.2, 0) is 9.53 Å². The molecule has 0 saturated carbocycles. The number of rotatable bonds is 2. The highest BCUT2D eigenvalue weighted by atomic mass is 19.4. The third-order valence-electron chi connectivity index (χ3n) is 1.14. The highest BCUT2D eigenvalue weighted by molar-refractivity contribution is 5.83. The Hall–Kier alpha value is -1.22. The van der Waals surface area contributed by atoms with Crippen LogP contribution in [0.25, 0.3) is 0 Å². The maximum atomic E-state index is 11.8. The van der Waals surface area contributed by atoms with Crippen LogP contribution in [0.15, 0.2) is 0 Å². The molecule has 0 aromatic heterocycles. The van der Waals surface area contributed by atoms with Gasteiger partial charge in [0.2, 0.25) is 0 Å². The van der Waals surface area contributed by atoms with Gasteiger partial charge in [-0.05, 0) is 6.92 Å². The first-order valence-corrected chi connectivity index (χ1v) is 2.60. The minimum absolute atomic E-state index is 0.763. The van der Waals surface area contributed by atoms with Crippen molar-refractivity contribution in [2.24, 2.45) is 0 Å². The number of nitrogens with zero attached hydrogens (tertiary/aromatic N) is 2. The molecular weight excluding hydrogens is 158 g/mol. The third kappa shape index (κ3) is 1.62. The van der Waals surface area contributed by atoms with E-state index in [0.29, 0.717) is 0 Å². The molecule has 0 heterocycles. The van der Waals surface area contributed by atoms with E-state index in [1.165, 1.54) is 0 Å². The quantitative estimate of drug-likeness (QED) is 0.440. The molecule has 6 heteroatoms. The van der Waals surface area contributed by atoms with Crippen LogP contribution in [-0.4, -0.2) is 24.0 Å². The number of esters is 1. The van der Waals surface area contributed by atoms with Crippen LogP contribution in [0.4, 0.5) is 8.96 Å². The van der Waals surface area contributed by atoms with Crippen LogP contribution < -0.4 is 0 Å². The Kier molecular flexibility index (Phi) is 2.89. The molecule has 0 amide bonds. The zero-order valence-electron chi connectivity index (χ0n) is 5.97. The normalized spacial score (nSPS) is 15.3. The van der Waals surface area contributed by atoms with Gasteiger partial charge in [-0.3, -0.25) is 0 Å². The summed E-state index contributed by atoms with van der Waals surface area (Å²) in [5, 5.41) is 6.70. The Morgan fingerprint density at radius 3 is 2.27 bits per heavy atom. The van der Waals surface area contributed by atoms with E-state index >= 15 is 0 Å². The van der Waals surface area contributed by atoms with Crippen molar-refractivity contribution in [2.75, 3.05) is 7.11 Å². The summed E-state index contributed by atoms with van der Waals surface area (Å²) < 4.78 is 27.6. The van der Waals surface area contributed by atoms with E-state index in [0.717, 1.165) is 20.1 Å². The van der Waals surface area contributed by atoms with E-state index in [-0.39, 0.29) is 0 Å². The maximum Gasteiger partial charge on any atom is 0.346 e. The van der Waals surface area contributed by atoms with Crippen molar-refractivity contribution < 1.29 is 18.5 Å². The van der Waals surface area contributed by atoms with Crippen molar-refractivity contribution in [2.45, 2.75) is 12.5 Å². The summed E-state index contributed by atoms with van der Waals surface area (Å²) in [5.74, 6) is -1.29. The molecule has 0 aliphatic carbocycles. The van der Waals surface area contributed by atoms with Crippen molar-refractivity contribution in [1.29, 1.82) is 5.26 Å². The van der Waals surface area contributed by atoms with Crippen LogP contribution in [0.5, 0.6) is 0 Å². The summed E-state index contributed by atoms with van der Waals surface area (Å²) in [4.78, 5) is 10.5. The van der Waals surface area contributed by atoms with Gasteiger partial charge in [-0.1, -0.05) is 8.96 Å². The molecule has 0 aromatic carbocycles. The predicted octanol–water partition coefficient (Wildman–Crippen LogP) is 0.513. The number of nitriles is 1. The summed E-state index contributed by atoms with van der Waals surface area (Å²) in [6.45, 7) is 0.763. The van der Waals surface area contributed by atoms with Crippen LogP contribution in [0.1, 0.15) is 6.92 Å². The fourth-order valence-electron chi connectivity index (χ4n) is 0.351. The largest absolute Gasteiger partial charge is 0.467 e. The van der Waals surface area contributed by atoms with Gasteiger partial charge in [-0.15, -0.1) is 0 Å². The fourth-order valence-corrected chi connectivity index (χ4v) is 0.351. The molecule has 0 radical (unpaired) electrons. The first-order chi connectivity index (χ1) is 4.99.